The summed E-state index contributed by atoms with van der Waals surface area (Å²) in [5, 5.41) is 2.83. The van der Waals surface area contributed by atoms with Crippen molar-refractivity contribution >= 4 is 21.8 Å². The Bertz CT molecular complexity index is 801. The molecule has 0 radical (unpaired) electrons. The molecule has 2 aliphatic rings. The number of nitrogens with zero attached hydrogens (tertiary/aromatic N) is 2. The van der Waals surface area contributed by atoms with Gasteiger partial charge in [0.1, 0.15) is 6.04 Å². The minimum atomic E-state index is -3.04. The molecule has 0 bridgehead atoms. The molecule has 160 valence electrons. The maximum Gasteiger partial charge on any atom is 0.407 e. The third-order valence-corrected chi connectivity index (χ3v) is 7.03. The van der Waals surface area contributed by atoms with E-state index in [4.69, 9.17) is 4.74 Å². The number of benzene rings is 1. The normalized spacial score (nSPS) is 23.2. The van der Waals surface area contributed by atoms with E-state index < -0.39 is 22.0 Å². The van der Waals surface area contributed by atoms with Crippen molar-refractivity contribution in [2.75, 3.05) is 44.3 Å². The van der Waals surface area contributed by atoms with E-state index in [-0.39, 0.29) is 23.5 Å². The number of carbonyl (C=O) groups is 2. The Hall–Kier alpha value is -2.13. The fourth-order valence-electron chi connectivity index (χ4n) is 3.94. The predicted octanol–water partition coefficient (Wildman–Crippen LogP) is 1.20. The summed E-state index contributed by atoms with van der Waals surface area (Å²) >= 11 is 0. The molecule has 0 spiro atoms. The molecule has 3 rings (SSSR count). The first-order valence-corrected chi connectivity index (χ1v) is 11.9. The Labute approximate surface area is 172 Å². The van der Waals surface area contributed by atoms with Crippen molar-refractivity contribution in [1.82, 2.24) is 15.1 Å². The van der Waals surface area contributed by atoms with E-state index in [0.29, 0.717) is 32.8 Å². The van der Waals surface area contributed by atoms with Gasteiger partial charge in [0.15, 0.2) is 9.84 Å². The molecule has 29 heavy (non-hydrogen) atoms. The summed E-state index contributed by atoms with van der Waals surface area (Å²) in [6.07, 6.45) is 1.12. The zero-order valence-corrected chi connectivity index (χ0v) is 17.6. The van der Waals surface area contributed by atoms with E-state index in [1.54, 1.807) is 11.8 Å². The van der Waals surface area contributed by atoms with Crippen LogP contribution in [-0.2, 0) is 19.4 Å². The van der Waals surface area contributed by atoms with Crippen molar-refractivity contribution in [3.8, 4) is 0 Å². The molecular weight excluding hydrogens is 394 g/mol. The van der Waals surface area contributed by atoms with Crippen LogP contribution in [0.1, 0.15) is 31.4 Å². The maximum atomic E-state index is 13.5. The second kappa shape index (κ2) is 9.58. The smallest absolute Gasteiger partial charge is 0.407 e. The first kappa shape index (κ1) is 21.6. The molecular formula is C20H29N3O5S. The van der Waals surface area contributed by atoms with Gasteiger partial charge in [-0.25, -0.2) is 13.2 Å². The molecule has 1 aromatic rings. The number of carbonyl (C=O) groups excluding carboxylic acids is 2. The van der Waals surface area contributed by atoms with Gasteiger partial charge in [-0.2, -0.15) is 0 Å². The Morgan fingerprint density at radius 3 is 2.52 bits per heavy atom. The number of sulfone groups is 1. The van der Waals surface area contributed by atoms with Crippen molar-refractivity contribution in [3.63, 3.8) is 0 Å². The molecule has 0 aliphatic carbocycles. The summed E-state index contributed by atoms with van der Waals surface area (Å²) in [5.41, 5.74) is 0.859. The summed E-state index contributed by atoms with van der Waals surface area (Å²) < 4.78 is 28.7. The van der Waals surface area contributed by atoms with Gasteiger partial charge < -0.3 is 15.0 Å². The number of amides is 2. The molecule has 1 N–H and O–H groups in total. The highest BCUT2D eigenvalue weighted by atomic mass is 32.2. The number of alkyl carbamates (subject to hydrolysis) is 1. The highest BCUT2D eigenvalue weighted by Crippen LogP contribution is 2.26. The number of piperidine rings is 1. The quantitative estimate of drug-likeness (QED) is 0.764. The van der Waals surface area contributed by atoms with Crippen LogP contribution in [0.3, 0.4) is 0 Å². The van der Waals surface area contributed by atoms with Gasteiger partial charge in [-0.05, 0) is 25.3 Å². The standard InChI is InChI=1S/C20H29N3O5S/c1-2-28-20(25)21-17-9-6-10-23(15-17)19(24)18(16-7-4-3-5-8-16)22-11-13-29(26,27)14-12-22/h3-5,7-8,17-18H,2,6,9-15H2,1H3,(H,21,25). The molecule has 2 aliphatic heterocycles. The van der Waals surface area contributed by atoms with E-state index in [0.717, 1.165) is 18.4 Å². The molecule has 1 aromatic carbocycles. The number of ether oxygens (including phenoxy) is 1. The van der Waals surface area contributed by atoms with Crippen LogP contribution in [0.5, 0.6) is 0 Å². The van der Waals surface area contributed by atoms with Crippen molar-refractivity contribution < 1.29 is 22.7 Å². The number of hydrogen-bond acceptors (Lipinski definition) is 6. The lowest BCUT2D eigenvalue weighted by Gasteiger charge is -2.39. The van der Waals surface area contributed by atoms with Crippen molar-refractivity contribution in [1.29, 1.82) is 0 Å². The highest BCUT2D eigenvalue weighted by Gasteiger charge is 2.36. The Morgan fingerprint density at radius 1 is 1.17 bits per heavy atom. The molecule has 9 heteroatoms. The zero-order chi connectivity index (χ0) is 20.9. The summed E-state index contributed by atoms with van der Waals surface area (Å²) in [6, 6.07) is 8.81. The monoisotopic (exact) mass is 423 g/mol. The highest BCUT2D eigenvalue weighted by molar-refractivity contribution is 7.91. The van der Waals surface area contributed by atoms with Gasteiger partial charge in [-0.3, -0.25) is 9.69 Å². The Balaban J connectivity index is 1.75. The van der Waals surface area contributed by atoms with E-state index in [2.05, 4.69) is 5.32 Å². The van der Waals surface area contributed by atoms with Gasteiger partial charge in [-0.1, -0.05) is 30.3 Å². The third-order valence-electron chi connectivity index (χ3n) is 5.42. The molecule has 2 fully saturated rings. The SMILES string of the molecule is CCOC(=O)NC1CCCN(C(=O)C(c2ccccc2)N2CCS(=O)(=O)CC2)C1. The molecule has 2 heterocycles. The van der Waals surface area contributed by atoms with Gasteiger partial charge >= 0.3 is 6.09 Å². The molecule has 0 aromatic heterocycles. The van der Waals surface area contributed by atoms with Crippen molar-refractivity contribution in [2.45, 2.75) is 31.8 Å². The molecule has 0 saturated carbocycles. The fourth-order valence-corrected chi connectivity index (χ4v) is 5.17. The second-order valence-electron chi connectivity index (χ2n) is 7.49. The van der Waals surface area contributed by atoms with Gasteiger partial charge in [0, 0.05) is 32.2 Å². The van der Waals surface area contributed by atoms with Gasteiger partial charge in [0.25, 0.3) is 0 Å². The molecule has 2 atom stereocenters. The molecule has 2 unspecified atom stereocenters. The van der Waals surface area contributed by atoms with Crippen LogP contribution in [-0.4, -0.2) is 80.6 Å². The summed E-state index contributed by atoms with van der Waals surface area (Å²) in [7, 11) is -3.04. The van der Waals surface area contributed by atoms with Crippen LogP contribution in [0.4, 0.5) is 4.79 Å². The Morgan fingerprint density at radius 2 is 1.86 bits per heavy atom. The minimum absolute atomic E-state index is 0.0501. The lowest BCUT2D eigenvalue weighted by Crippen LogP contribution is -2.54. The molecule has 2 amide bonds. The third kappa shape index (κ3) is 5.70. The Kier molecular flexibility index (Phi) is 7.13. The van der Waals surface area contributed by atoms with E-state index in [1.807, 2.05) is 35.2 Å². The van der Waals surface area contributed by atoms with Gasteiger partial charge in [0.2, 0.25) is 5.91 Å². The van der Waals surface area contributed by atoms with E-state index in [9.17, 15) is 18.0 Å². The van der Waals surface area contributed by atoms with Crippen molar-refractivity contribution in [3.05, 3.63) is 35.9 Å². The van der Waals surface area contributed by atoms with Crippen LogP contribution in [0.2, 0.25) is 0 Å². The predicted molar refractivity (Wildman–Crippen MR) is 109 cm³/mol. The van der Waals surface area contributed by atoms with Crippen LogP contribution in [0, 0.1) is 0 Å². The van der Waals surface area contributed by atoms with Crippen LogP contribution >= 0.6 is 0 Å². The number of hydrogen-bond donors (Lipinski definition) is 1. The first-order valence-electron chi connectivity index (χ1n) is 10.1. The summed E-state index contributed by atoms with van der Waals surface area (Å²) in [4.78, 5) is 29.0. The number of likely N-dealkylation sites (tertiary alicyclic amines) is 1. The number of rotatable bonds is 5. The van der Waals surface area contributed by atoms with E-state index in [1.165, 1.54) is 0 Å². The zero-order valence-electron chi connectivity index (χ0n) is 16.7. The minimum Gasteiger partial charge on any atom is -0.450 e. The first-order chi connectivity index (χ1) is 13.9. The van der Waals surface area contributed by atoms with Crippen LogP contribution < -0.4 is 5.32 Å². The number of nitrogens with one attached hydrogen (secondary N) is 1. The summed E-state index contributed by atoms with van der Waals surface area (Å²) in [5.74, 6) is 0.0821. The lowest BCUT2D eigenvalue weighted by atomic mass is 10.00. The maximum absolute atomic E-state index is 13.5. The van der Waals surface area contributed by atoms with Crippen LogP contribution in [0.25, 0.3) is 0 Å². The summed E-state index contributed by atoms with van der Waals surface area (Å²) in [6.45, 7) is 3.77. The topological polar surface area (TPSA) is 96.0 Å². The van der Waals surface area contributed by atoms with Gasteiger partial charge in [-0.15, -0.1) is 0 Å². The second-order valence-corrected chi connectivity index (χ2v) is 9.79. The largest absolute Gasteiger partial charge is 0.450 e. The van der Waals surface area contributed by atoms with Crippen molar-refractivity contribution in [2.24, 2.45) is 0 Å². The fraction of sp³-hybridized carbons (Fsp3) is 0.600. The van der Waals surface area contributed by atoms with E-state index >= 15 is 0 Å². The average Bonchev–Trinajstić information content (AvgIpc) is 2.70. The molecule has 2 saturated heterocycles. The average molecular weight is 424 g/mol. The lowest BCUT2D eigenvalue weighted by molar-refractivity contribution is -0.138. The van der Waals surface area contributed by atoms with Crippen LogP contribution in [0.15, 0.2) is 30.3 Å². The molecule has 8 nitrogen and oxygen atoms in total. The van der Waals surface area contributed by atoms with Gasteiger partial charge in [0.05, 0.1) is 18.1 Å².